The number of anilines is 2. The molecule has 0 spiro atoms. The van der Waals surface area contributed by atoms with Gasteiger partial charge >= 0.3 is 0 Å². The zero-order valence-corrected chi connectivity index (χ0v) is 12.0. The standard InChI is InChI=1S/C11H19N3O2S2/c1-2-17-8-4-7-13-10-5-3-6-11(9-10)14-18(12,15)16/h3,5-6,9,13-14H,2,4,7-8H2,1H3,(H2,12,15,16). The zero-order valence-electron chi connectivity index (χ0n) is 10.3. The zero-order chi connectivity index (χ0) is 13.4. The van der Waals surface area contributed by atoms with Crippen molar-refractivity contribution in [2.75, 3.05) is 28.1 Å². The van der Waals surface area contributed by atoms with Gasteiger partial charge in [0.05, 0.1) is 5.69 Å². The molecule has 0 aliphatic carbocycles. The molecule has 0 fully saturated rings. The predicted molar refractivity (Wildman–Crippen MR) is 79.3 cm³/mol. The molecule has 0 amide bonds. The molecule has 0 bridgehead atoms. The summed E-state index contributed by atoms with van der Waals surface area (Å²) in [4.78, 5) is 0. The fourth-order valence-corrected chi connectivity index (χ4v) is 2.50. The van der Waals surface area contributed by atoms with Gasteiger partial charge in [-0.25, -0.2) is 5.14 Å². The monoisotopic (exact) mass is 289 g/mol. The van der Waals surface area contributed by atoms with Crippen LogP contribution in [0.3, 0.4) is 0 Å². The smallest absolute Gasteiger partial charge is 0.296 e. The molecule has 7 heteroatoms. The summed E-state index contributed by atoms with van der Waals surface area (Å²) >= 11 is 1.91. The van der Waals surface area contributed by atoms with Crippen molar-refractivity contribution in [3.8, 4) is 0 Å². The minimum atomic E-state index is -3.71. The fraction of sp³-hybridized carbons (Fsp3) is 0.455. The summed E-state index contributed by atoms with van der Waals surface area (Å²) in [6, 6.07) is 7.04. The summed E-state index contributed by atoms with van der Waals surface area (Å²) in [6.45, 7) is 3.01. The van der Waals surface area contributed by atoms with E-state index in [9.17, 15) is 8.42 Å². The maximum absolute atomic E-state index is 10.9. The van der Waals surface area contributed by atoms with Crippen molar-refractivity contribution in [2.45, 2.75) is 13.3 Å². The largest absolute Gasteiger partial charge is 0.385 e. The van der Waals surface area contributed by atoms with E-state index in [2.05, 4.69) is 17.0 Å². The quantitative estimate of drug-likeness (QED) is 0.638. The Hall–Kier alpha value is -0.920. The lowest BCUT2D eigenvalue weighted by Gasteiger charge is -2.08. The first-order chi connectivity index (χ1) is 8.51. The Morgan fingerprint density at radius 2 is 2.06 bits per heavy atom. The van der Waals surface area contributed by atoms with Crippen molar-refractivity contribution in [1.82, 2.24) is 0 Å². The summed E-state index contributed by atoms with van der Waals surface area (Å²) in [7, 11) is -3.71. The fourth-order valence-electron chi connectivity index (χ4n) is 1.41. The van der Waals surface area contributed by atoms with E-state index in [1.54, 1.807) is 18.2 Å². The van der Waals surface area contributed by atoms with E-state index in [-0.39, 0.29) is 0 Å². The second-order valence-electron chi connectivity index (χ2n) is 3.71. The number of nitrogens with one attached hydrogen (secondary N) is 2. The summed E-state index contributed by atoms with van der Waals surface area (Å²) in [5, 5.41) is 8.15. The summed E-state index contributed by atoms with van der Waals surface area (Å²) in [5.74, 6) is 2.26. The molecule has 18 heavy (non-hydrogen) atoms. The van der Waals surface area contributed by atoms with Gasteiger partial charge in [-0.05, 0) is 36.1 Å². The average Bonchev–Trinajstić information content (AvgIpc) is 2.27. The molecule has 0 aromatic heterocycles. The SMILES string of the molecule is CCSCCCNc1cccc(NS(N)(=O)=O)c1. The highest BCUT2D eigenvalue weighted by Crippen LogP contribution is 2.15. The molecule has 0 unspecified atom stereocenters. The topological polar surface area (TPSA) is 84.2 Å². The molecule has 0 aliphatic heterocycles. The summed E-state index contributed by atoms with van der Waals surface area (Å²) < 4.78 is 24.0. The number of hydrogen-bond acceptors (Lipinski definition) is 4. The highest BCUT2D eigenvalue weighted by atomic mass is 32.2. The third kappa shape index (κ3) is 6.73. The maximum atomic E-state index is 10.9. The van der Waals surface area contributed by atoms with Gasteiger partial charge in [-0.3, -0.25) is 4.72 Å². The molecule has 102 valence electrons. The number of thioether (sulfide) groups is 1. The summed E-state index contributed by atoms with van der Waals surface area (Å²) in [6.07, 6.45) is 1.07. The molecule has 5 nitrogen and oxygen atoms in total. The van der Waals surface area contributed by atoms with Crippen molar-refractivity contribution in [2.24, 2.45) is 5.14 Å². The van der Waals surface area contributed by atoms with Crippen LogP contribution in [0, 0.1) is 0 Å². The van der Waals surface area contributed by atoms with Gasteiger partial charge < -0.3 is 5.32 Å². The molecule has 1 aromatic rings. The Bertz CT molecular complexity index is 463. The minimum absolute atomic E-state index is 0.463. The molecule has 0 saturated heterocycles. The van der Waals surface area contributed by atoms with Crippen LogP contribution in [0.4, 0.5) is 11.4 Å². The molecule has 0 aliphatic rings. The van der Waals surface area contributed by atoms with Crippen LogP contribution in [0.2, 0.25) is 0 Å². The van der Waals surface area contributed by atoms with E-state index in [4.69, 9.17) is 5.14 Å². The number of benzene rings is 1. The van der Waals surface area contributed by atoms with Crippen LogP contribution in [-0.4, -0.2) is 26.5 Å². The summed E-state index contributed by atoms with van der Waals surface area (Å²) in [5.41, 5.74) is 1.34. The Labute approximate surface area is 113 Å². The van der Waals surface area contributed by atoms with E-state index in [0.29, 0.717) is 5.69 Å². The second-order valence-corrected chi connectivity index (χ2v) is 6.39. The van der Waals surface area contributed by atoms with Crippen LogP contribution in [0.5, 0.6) is 0 Å². The molecule has 0 radical (unpaired) electrons. The molecule has 0 heterocycles. The highest BCUT2D eigenvalue weighted by Gasteiger charge is 2.02. The maximum Gasteiger partial charge on any atom is 0.296 e. The van der Waals surface area contributed by atoms with Gasteiger partial charge in [0.2, 0.25) is 0 Å². The molecule has 0 atom stereocenters. The van der Waals surface area contributed by atoms with Gasteiger partial charge in [0.1, 0.15) is 0 Å². The van der Waals surface area contributed by atoms with Gasteiger partial charge in [-0.2, -0.15) is 20.2 Å². The number of nitrogens with two attached hydrogens (primary N) is 1. The van der Waals surface area contributed by atoms with Gasteiger partial charge in [0.25, 0.3) is 10.2 Å². The normalized spacial score (nSPS) is 11.2. The van der Waals surface area contributed by atoms with Gasteiger partial charge in [-0.1, -0.05) is 13.0 Å². The molecule has 4 N–H and O–H groups in total. The van der Waals surface area contributed by atoms with E-state index in [1.165, 1.54) is 0 Å². The highest BCUT2D eigenvalue weighted by molar-refractivity contribution is 7.99. The van der Waals surface area contributed by atoms with E-state index in [0.717, 1.165) is 30.2 Å². The first-order valence-electron chi connectivity index (χ1n) is 5.73. The Balaban J connectivity index is 2.44. The number of hydrogen-bond donors (Lipinski definition) is 3. The molecule has 1 aromatic carbocycles. The molecular formula is C11H19N3O2S2. The van der Waals surface area contributed by atoms with E-state index < -0.39 is 10.2 Å². The minimum Gasteiger partial charge on any atom is -0.385 e. The Morgan fingerprint density at radius 1 is 1.33 bits per heavy atom. The Kier molecular flexibility index (Phi) is 6.31. The van der Waals surface area contributed by atoms with E-state index >= 15 is 0 Å². The lowest BCUT2D eigenvalue weighted by Crippen LogP contribution is -2.21. The van der Waals surface area contributed by atoms with Crippen LogP contribution in [-0.2, 0) is 10.2 Å². The van der Waals surface area contributed by atoms with Gasteiger partial charge in [0, 0.05) is 12.2 Å². The van der Waals surface area contributed by atoms with E-state index in [1.807, 2.05) is 17.8 Å². The lowest BCUT2D eigenvalue weighted by molar-refractivity contribution is 0.603. The van der Waals surface area contributed by atoms with Crippen LogP contribution in [0.1, 0.15) is 13.3 Å². The van der Waals surface area contributed by atoms with Crippen molar-refractivity contribution in [1.29, 1.82) is 0 Å². The molecule has 1 rings (SSSR count). The van der Waals surface area contributed by atoms with Crippen LogP contribution in [0.25, 0.3) is 0 Å². The van der Waals surface area contributed by atoms with Gasteiger partial charge in [0.15, 0.2) is 0 Å². The first-order valence-corrected chi connectivity index (χ1v) is 8.43. The second kappa shape index (κ2) is 7.50. The third-order valence-corrected chi connectivity index (χ3v) is 3.63. The van der Waals surface area contributed by atoms with Gasteiger partial charge in [-0.15, -0.1) is 0 Å². The lowest BCUT2D eigenvalue weighted by atomic mass is 10.3. The van der Waals surface area contributed by atoms with Crippen molar-refractivity contribution < 1.29 is 8.42 Å². The predicted octanol–water partition coefficient (Wildman–Crippen LogP) is 1.86. The van der Waals surface area contributed by atoms with Crippen LogP contribution in [0.15, 0.2) is 24.3 Å². The van der Waals surface area contributed by atoms with Crippen molar-refractivity contribution >= 4 is 33.3 Å². The molecular weight excluding hydrogens is 270 g/mol. The average molecular weight is 289 g/mol. The Morgan fingerprint density at radius 3 is 2.72 bits per heavy atom. The number of rotatable bonds is 8. The van der Waals surface area contributed by atoms with Crippen LogP contribution >= 0.6 is 11.8 Å². The van der Waals surface area contributed by atoms with Crippen molar-refractivity contribution in [3.05, 3.63) is 24.3 Å². The van der Waals surface area contributed by atoms with Crippen LogP contribution < -0.4 is 15.2 Å². The molecule has 0 saturated carbocycles. The third-order valence-electron chi connectivity index (χ3n) is 2.12. The first kappa shape index (κ1) is 15.1. The van der Waals surface area contributed by atoms with Crippen molar-refractivity contribution in [3.63, 3.8) is 0 Å².